The SMILES string of the molecule is C/C(=N/NC(=S)Nc1ccccc1F)c1ccc2c(c1)OCCO2. The molecule has 3 rings (SSSR count). The summed E-state index contributed by atoms with van der Waals surface area (Å²) < 4.78 is 24.6. The molecule has 0 spiro atoms. The van der Waals surface area contributed by atoms with Gasteiger partial charge in [0.2, 0.25) is 0 Å². The number of benzene rings is 2. The molecule has 7 heteroatoms. The van der Waals surface area contributed by atoms with Crippen molar-refractivity contribution in [2.75, 3.05) is 18.5 Å². The zero-order chi connectivity index (χ0) is 16.9. The van der Waals surface area contributed by atoms with Crippen LogP contribution >= 0.6 is 12.2 Å². The van der Waals surface area contributed by atoms with Crippen molar-refractivity contribution in [3.8, 4) is 11.5 Å². The van der Waals surface area contributed by atoms with Crippen molar-refractivity contribution in [1.82, 2.24) is 5.43 Å². The third kappa shape index (κ3) is 3.80. The lowest BCUT2D eigenvalue weighted by Gasteiger charge is -2.18. The number of fused-ring (bicyclic) bond motifs is 1. The van der Waals surface area contributed by atoms with Crippen molar-refractivity contribution < 1.29 is 13.9 Å². The van der Waals surface area contributed by atoms with Gasteiger partial charge in [0.25, 0.3) is 0 Å². The minimum Gasteiger partial charge on any atom is -0.486 e. The normalized spacial score (nSPS) is 13.3. The van der Waals surface area contributed by atoms with E-state index >= 15 is 0 Å². The van der Waals surface area contributed by atoms with Crippen molar-refractivity contribution in [3.63, 3.8) is 0 Å². The summed E-state index contributed by atoms with van der Waals surface area (Å²) in [6.45, 7) is 2.92. The van der Waals surface area contributed by atoms with Gasteiger partial charge in [-0.15, -0.1) is 0 Å². The van der Waals surface area contributed by atoms with Gasteiger partial charge in [-0.3, -0.25) is 5.43 Å². The van der Waals surface area contributed by atoms with E-state index in [0.717, 1.165) is 11.3 Å². The molecular weight excluding hydrogens is 329 g/mol. The van der Waals surface area contributed by atoms with Gasteiger partial charge in [-0.25, -0.2) is 4.39 Å². The van der Waals surface area contributed by atoms with Gasteiger partial charge >= 0.3 is 0 Å². The van der Waals surface area contributed by atoms with Crippen LogP contribution in [0.5, 0.6) is 11.5 Å². The Bertz CT molecular complexity index is 795. The number of nitrogens with zero attached hydrogens (tertiary/aromatic N) is 1. The van der Waals surface area contributed by atoms with E-state index in [9.17, 15) is 4.39 Å². The lowest BCUT2D eigenvalue weighted by Crippen LogP contribution is -2.25. The smallest absolute Gasteiger partial charge is 0.191 e. The van der Waals surface area contributed by atoms with Crippen molar-refractivity contribution in [2.45, 2.75) is 6.92 Å². The number of hydrogen-bond donors (Lipinski definition) is 2. The second-order valence-corrected chi connectivity index (χ2v) is 5.51. The molecule has 2 aromatic carbocycles. The molecule has 2 aromatic rings. The van der Waals surface area contributed by atoms with E-state index in [1.165, 1.54) is 6.07 Å². The molecule has 0 saturated carbocycles. The van der Waals surface area contributed by atoms with Crippen LogP contribution in [0.3, 0.4) is 0 Å². The van der Waals surface area contributed by atoms with Gasteiger partial charge in [0.15, 0.2) is 16.6 Å². The summed E-state index contributed by atoms with van der Waals surface area (Å²) in [4.78, 5) is 0. The van der Waals surface area contributed by atoms with Crippen molar-refractivity contribution in [2.24, 2.45) is 5.10 Å². The molecule has 0 aliphatic carbocycles. The van der Waals surface area contributed by atoms with Crippen LogP contribution in [-0.4, -0.2) is 24.0 Å². The number of halogens is 1. The number of para-hydroxylation sites is 1. The standard InChI is InChI=1S/C17H16FN3O2S/c1-11(12-6-7-15-16(10-12)23-9-8-22-15)20-21-17(24)19-14-5-3-2-4-13(14)18/h2-7,10H,8-9H2,1H3,(H2,19,21,24)/b20-11-. The van der Waals surface area contributed by atoms with Gasteiger partial charge in [-0.05, 0) is 49.5 Å². The highest BCUT2D eigenvalue weighted by atomic mass is 32.1. The molecule has 0 saturated heterocycles. The molecule has 0 bridgehead atoms. The van der Waals surface area contributed by atoms with Gasteiger partial charge in [0.1, 0.15) is 19.0 Å². The minimum atomic E-state index is -0.380. The van der Waals surface area contributed by atoms with E-state index in [0.29, 0.717) is 30.4 Å². The summed E-state index contributed by atoms with van der Waals surface area (Å²) >= 11 is 5.12. The number of nitrogens with one attached hydrogen (secondary N) is 2. The number of thiocarbonyl (C=S) groups is 1. The molecule has 0 unspecified atom stereocenters. The summed E-state index contributed by atoms with van der Waals surface area (Å²) in [7, 11) is 0. The summed E-state index contributed by atoms with van der Waals surface area (Å²) in [6, 6.07) is 11.9. The Balaban J connectivity index is 1.65. The van der Waals surface area contributed by atoms with Gasteiger partial charge in [0.05, 0.1) is 11.4 Å². The molecule has 1 aliphatic rings. The van der Waals surface area contributed by atoms with Crippen LogP contribution in [0.4, 0.5) is 10.1 Å². The van der Waals surface area contributed by atoms with E-state index in [4.69, 9.17) is 21.7 Å². The Morgan fingerprint density at radius 2 is 1.88 bits per heavy atom. The number of ether oxygens (including phenoxy) is 2. The predicted molar refractivity (Wildman–Crippen MR) is 95.4 cm³/mol. The first-order valence-electron chi connectivity index (χ1n) is 7.39. The highest BCUT2D eigenvalue weighted by molar-refractivity contribution is 7.80. The summed E-state index contributed by atoms with van der Waals surface area (Å²) in [5, 5.41) is 7.18. The number of anilines is 1. The Hall–Kier alpha value is -2.67. The van der Waals surface area contributed by atoms with Gasteiger partial charge < -0.3 is 14.8 Å². The van der Waals surface area contributed by atoms with Crippen molar-refractivity contribution >= 4 is 28.7 Å². The molecule has 1 aliphatic heterocycles. The maximum absolute atomic E-state index is 13.6. The fourth-order valence-corrected chi connectivity index (χ4v) is 2.34. The molecule has 0 radical (unpaired) electrons. The molecule has 0 fully saturated rings. The summed E-state index contributed by atoms with van der Waals surface area (Å²) in [5.74, 6) is 1.04. The van der Waals surface area contributed by atoms with Gasteiger partial charge in [0, 0.05) is 5.56 Å². The fourth-order valence-electron chi connectivity index (χ4n) is 2.18. The van der Waals surface area contributed by atoms with Crippen LogP contribution in [0.2, 0.25) is 0 Å². The molecule has 2 N–H and O–H groups in total. The first kappa shape index (κ1) is 16.2. The predicted octanol–water partition coefficient (Wildman–Crippen LogP) is 3.31. The third-order valence-corrected chi connectivity index (χ3v) is 3.60. The first-order chi connectivity index (χ1) is 11.6. The highest BCUT2D eigenvalue weighted by Crippen LogP contribution is 2.30. The van der Waals surface area contributed by atoms with Crippen LogP contribution in [0.25, 0.3) is 0 Å². The molecule has 24 heavy (non-hydrogen) atoms. The number of rotatable bonds is 3. The molecular formula is C17H16FN3O2S. The highest BCUT2D eigenvalue weighted by Gasteiger charge is 2.12. The first-order valence-corrected chi connectivity index (χ1v) is 7.80. The van der Waals surface area contributed by atoms with E-state index < -0.39 is 0 Å². The molecule has 0 atom stereocenters. The quantitative estimate of drug-likeness (QED) is 0.508. The molecule has 0 aromatic heterocycles. The second kappa shape index (κ2) is 7.27. The summed E-state index contributed by atoms with van der Waals surface area (Å²) in [6.07, 6.45) is 0. The van der Waals surface area contributed by atoms with E-state index in [-0.39, 0.29) is 10.9 Å². The Morgan fingerprint density at radius 1 is 1.12 bits per heavy atom. The summed E-state index contributed by atoms with van der Waals surface area (Å²) in [5.41, 5.74) is 4.59. The maximum atomic E-state index is 13.6. The molecule has 1 heterocycles. The minimum absolute atomic E-state index is 0.206. The van der Waals surface area contributed by atoms with Gasteiger partial charge in [-0.2, -0.15) is 5.10 Å². The number of hydrogen-bond acceptors (Lipinski definition) is 4. The Morgan fingerprint density at radius 3 is 2.67 bits per heavy atom. The van der Waals surface area contributed by atoms with Crippen LogP contribution < -0.4 is 20.2 Å². The largest absolute Gasteiger partial charge is 0.486 e. The lowest BCUT2D eigenvalue weighted by atomic mass is 10.1. The van der Waals surface area contributed by atoms with Gasteiger partial charge in [-0.1, -0.05) is 12.1 Å². The van der Waals surface area contributed by atoms with Crippen molar-refractivity contribution in [1.29, 1.82) is 0 Å². The molecule has 124 valence electrons. The zero-order valence-electron chi connectivity index (χ0n) is 13.0. The maximum Gasteiger partial charge on any atom is 0.191 e. The second-order valence-electron chi connectivity index (χ2n) is 5.10. The van der Waals surface area contributed by atoms with Crippen LogP contribution in [0.15, 0.2) is 47.6 Å². The van der Waals surface area contributed by atoms with Crippen LogP contribution in [0.1, 0.15) is 12.5 Å². The zero-order valence-corrected chi connectivity index (χ0v) is 13.8. The Labute approximate surface area is 144 Å². The Kier molecular flexibility index (Phi) is 4.90. The van der Waals surface area contributed by atoms with E-state index in [2.05, 4.69) is 15.8 Å². The fraction of sp³-hybridized carbons (Fsp3) is 0.176. The van der Waals surface area contributed by atoms with Crippen molar-refractivity contribution in [3.05, 3.63) is 53.8 Å². The molecule has 0 amide bonds. The van der Waals surface area contributed by atoms with Crippen LogP contribution in [0, 0.1) is 5.82 Å². The topological polar surface area (TPSA) is 54.9 Å². The third-order valence-electron chi connectivity index (χ3n) is 3.41. The van der Waals surface area contributed by atoms with E-state index in [1.807, 2.05) is 25.1 Å². The average molecular weight is 345 g/mol. The lowest BCUT2D eigenvalue weighted by molar-refractivity contribution is 0.171. The van der Waals surface area contributed by atoms with E-state index in [1.54, 1.807) is 18.2 Å². The number of hydrazone groups is 1. The monoisotopic (exact) mass is 345 g/mol. The molecule has 5 nitrogen and oxygen atoms in total. The van der Waals surface area contributed by atoms with Crippen LogP contribution in [-0.2, 0) is 0 Å². The average Bonchev–Trinajstić information content (AvgIpc) is 2.61.